The van der Waals surface area contributed by atoms with E-state index in [1.54, 1.807) is 6.07 Å². The summed E-state index contributed by atoms with van der Waals surface area (Å²) in [6.07, 6.45) is 0. The number of nitrogens with two attached hydrogens (primary N) is 1. The molecule has 0 spiro atoms. The molecule has 0 unspecified atom stereocenters. The Bertz CT molecular complexity index is 344. The molecule has 14 heavy (non-hydrogen) atoms. The minimum atomic E-state index is -0.494. The lowest BCUT2D eigenvalue weighted by atomic mass is 10.2. The van der Waals surface area contributed by atoms with Gasteiger partial charge in [0.2, 0.25) is 0 Å². The molecule has 0 saturated heterocycles. The highest BCUT2D eigenvalue weighted by molar-refractivity contribution is 7.80. The van der Waals surface area contributed by atoms with Crippen LogP contribution in [0.2, 0.25) is 0 Å². The van der Waals surface area contributed by atoms with Crippen LogP contribution in [0.25, 0.3) is 0 Å². The lowest BCUT2D eigenvalue weighted by Gasteiger charge is -2.09. The Kier molecular flexibility index (Phi) is 3.79. The van der Waals surface area contributed by atoms with Gasteiger partial charge in [0.25, 0.3) is 0 Å². The third-order valence-corrected chi connectivity index (χ3v) is 1.76. The standard InChI is InChI=1S/C9H10FNO2S/c1-12-5-13-7-4-2-3-6(10)8(7)9(11)14/h2-4H,5H2,1H3,(H2,11,14). The topological polar surface area (TPSA) is 44.5 Å². The summed E-state index contributed by atoms with van der Waals surface area (Å²) in [6.45, 7) is 0.0269. The van der Waals surface area contributed by atoms with Crippen molar-refractivity contribution >= 4 is 17.2 Å². The summed E-state index contributed by atoms with van der Waals surface area (Å²) in [4.78, 5) is -0.0331. The molecule has 0 amide bonds. The SMILES string of the molecule is COCOc1cccc(F)c1C(N)=S. The maximum absolute atomic E-state index is 13.2. The van der Waals surface area contributed by atoms with Gasteiger partial charge in [0.15, 0.2) is 6.79 Å². The summed E-state index contributed by atoms with van der Waals surface area (Å²) in [7, 11) is 1.47. The van der Waals surface area contributed by atoms with E-state index in [4.69, 9.17) is 27.4 Å². The molecule has 0 atom stereocenters. The first kappa shape index (κ1) is 10.9. The van der Waals surface area contributed by atoms with E-state index in [1.165, 1.54) is 19.2 Å². The van der Waals surface area contributed by atoms with Crippen LogP contribution in [-0.4, -0.2) is 18.9 Å². The third kappa shape index (κ3) is 2.40. The summed E-state index contributed by atoms with van der Waals surface area (Å²) in [6, 6.07) is 4.37. The number of benzene rings is 1. The number of hydrogen-bond acceptors (Lipinski definition) is 3. The average Bonchev–Trinajstić information content (AvgIpc) is 2.14. The van der Waals surface area contributed by atoms with Crippen LogP contribution in [-0.2, 0) is 4.74 Å². The summed E-state index contributed by atoms with van der Waals surface area (Å²) in [5.41, 5.74) is 5.47. The monoisotopic (exact) mass is 215 g/mol. The maximum atomic E-state index is 13.2. The molecule has 0 fully saturated rings. The van der Waals surface area contributed by atoms with Crippen LogP contribution >= 0.6 is 12.2 Å². The highest BCUT2D eigenvalue weighted by atomic mass is 32.1. The number of hydrogen-bond donors (Lipinski definition) is 1. The van der Waals surface area contributed by atoms with E-state index < -0.39 is 5.82 Å². The van der Waals surface area contributed by atoms with Crippen LogP contribution < -0.4 is 10.5 Å². The van der Waals surface area contributed by atoms with Crippen LogP contribution in [0.15, 0.2) is 18.2 Å². The van der Waals surface area contributed by atoms with Crippen molar-refractivity contribution in [3.05, 3.63) is 29.6 Å². The maximum Gasteiger partial charge on any atom is 0.188 e. The molecule has 0 aliphatic heterocycles. The van der Waals surface area contributed by atoms with Crippen LogP contribution in [0.1, 0.15) is 5.56 Å². The molecule has 76 valence electrons. The summed E-state index contributed by atoms with van der Waals surface area (Å²) in [5.74, 6) is -0.203. The normalized spacial score (nSPS) is 9.86. The van der Waals surface area contributed by atoms with E-state index in [9.17, 15) is 4.39 Å². The number of ether oxygens (including phenoxy) is 2. The van der Waals surface area contributed by atoms with Crippen molar-refractivity contribution < 1.29 is 13.9 Å². The second-order valence-corrected chi connectivity index (χ2v) is 2.97. The van der Waals surface area contributed by atoms with E-state index in [2.05, 4.69) is 0 Å². The van der Waals surface area contributed by atoms with Crippen LogP contribution in [0, 0.1) is 5.82 Å². The van der Waals surface area contributed by atoms with Crippen LogP contribution in [0.5, 0.6) is 5.75 Å². The van der Waals surface area contributed by atoms with Gasteiger partial charge < -0.3 is 15.2 Å². The van der Waals surface area contributed by atoms with Gasteiger partial charge in [-0.05, 0) is 12.1 Å². The van der Waals surface area contributed by atoms with Crippen molar-refractivity contribution in [3.8, 4) is 5.75 Å². The second-order valence-electron chi connectivity index (χ2n) is 2.53. The van der Waals surface area contributed by atoms with Crippen molar-refractivity contribution in [2.24, 2.45) is 5.73 Å². The summed E-state index contributed by atoms with van der Waals surface area (Å²) >= 11 is 4.70. The zero-order valence-corrected chi connectivity index (χ0v) is 8.44. The van der Waals surface area contributed by atoms with E-state index in [0.29, 0.717) is 5.75 Å². The van der Waals surface area contributed by atoms with E-state index in [-0.39, 0.29) is 17.3 Å². The Balaban J connectivity index is 3.02. The van der Waals surface area contributed by atoms with Gasteiger partial charge in [0.1, 0.15) is 16.6 Å². The van der Waals surface area contributed by atoms with Crippen molar-refractivity contribution in [2.75, 3.05) is 13.9 Å². The molecule has 0 aliphatic carbocycles. The van der Waals surface area contributed by atoms with Crippen molar-refractivity contribution in [2.45, 2.75) is 0 Å². The quantitative estimate of drug-likeness (QED) is 0.609. The molecule has 2 N–H and O–H groups in total. The van der Waals surface area contributed by atoms with E-state index >= 15 is 0 Å². The average molecular weight is 215 g/mol. The number of thiocarbonyl (C=S) groups is 1. The molecule has 1 aromatic carbocycles. The molecule has 0 aromatic heterocycles. The van der Waals surface area contributed by atoms with Gasteiger partial charge in [-0.15, -0.1) is 0 Å². The molecule has 0 radical (unpaired) electrons. The number of halogens is 1. The Morgan fingerprint density at radius 1 is 1.57 bits per heavy atom. The fourth-order valence-electron chi connectivity index (χ4n) is 0.986. The number of methoxy groups -OCH3 is 1. The molecule has 0 aliphatic rings. The molecule has 5 heteroatoms. The van der Waals surface area contributed by atoms with Crippen molar-refractivity contribution in [1.82, 2.24) is 0 Å². The Morgan fingerprint density at radius 3 is 2.86 bits per heavy atom. The van der Waals surface area contributed by atoms with Crippen LogP contribution in [0.4, 0.5) is 4.39 Å². The first-order valence-corrected chi connectivity index (χ1v) is 4.27. The Morgan fingerprint density at radius 2 is 2.29 bits per heavy atom. The van der Waals surface area contributed by atoms with Crippen LogP contribution in [0.3, 0.4) is 0 Å². The van der Waals surface area contributed by atoms with Crippen molar-refractivity contribution in [3.63, 3.8) is 0 Å². The molecule has 1 aromatic rings. The smallest absolute Gasteiger partial charge is 0.188 e. The van der Waals surface area contributed by atoms with Gasteiger partial charge in [-0.1, -0.05) is 18.3 Å². The predicted octanol–water partition coefficient (Wildman–Crippen LogP) is 1.44. The fourth-order valence-corrected chi connectivity index (χ4v) is 1.18. The minimum Gasteiger partial charge on any atom is -0.467 e. The second kappa shape index (κ2) is 4.88. The zero-order chi connectivity index (χ0) is 10.6. The largest absolute Gasteiger partial charge is 0.467 e. The van der Waals surface area contributed by atoms with Gasteiger partial charge >= 0.3 is 0 Å². The third-order valence-electron chi connectivity index (χ3n) is 1.55. The van der Waals surface area contributed by atoms with Gasteiger partial charge in [-0.2, -0.15) is 0 Å². The van der Waals surface area contributed by atoms with Gasteiger partial charge in [0, 0.05) is 7.11 Å². The first-order chi connectivity index (χ1) is 6.66. The molecule has 0 saturated carbocycles. The predicted molar refractivity (Wildman–Crippen MR) is 54.8 cm³/mol. The van der Waals surface area contributed by atoms with E-state index in [1.807, 2.05) is 0 Å². The zero-order valence-electron chi connectivity index (χ0n) is 7.62. The number of rotatable bonds is 4. The molecular formula is C9H10FNO2S. The molecule has 0 heterocycles. The molecule has 1 rings (SSSR count). The van der Waals surface area contributed by atoms with Gasteiger partial charge in [0.05, 0.1) is 5.56 Å². The lowest BCUT2D eigenvalue weighted by molar-refractivity contribution is 0.0508. The summed E-state index contributed by atoms with van der Waals surface area (Å²) < 4.78 is 23.0. The summed E-state index contributed by atoms with van der Waals surface area (Å²) in [5, 5.41) is 0. The minimum absolute atomic E-state index is 0.0269. The Hall–Kier alpha value is -1.20. The van der Waals surface area contributed by atoms with Gasteiger partial charge in [-0.3, -0.25) is 0 Å². The molecular weight excluding hydrogens is 205 g/mol. The highest BCUT2D eigenvalue weighted by Gasteiger charge is 2.11. The first-order valence-electron chi connectivity index (χ1n) is 3.87. The fraction of sp³-hybridized carbons (Fsp3) is 0.222. The van der Waals surface area contributed by atoms with Gasteiger partial charge in [-0.25, -0.2) is 4.39 Å². The van der Waals surface area contributed by atoms with E-state index in [0.717, 1.165) is 0 Å². The highest BCUT2D eigenvalue weighted by Crippen LogP contribution is 2.21. The lowest BCUT2D eigenvalue weighted by Crippen LogP contribution is -2.14. The van der Waals surface area contributed by atoms with Crippen molar-refractivity contribution in [1.29, 1.82) is 0 Å². The molecule has 3 nitrogen and oxygen atoms in total. The molecule has 0 bridgehead atoms. The Labute approximate surface area is 86.6 Å².